The Labute approximate surface area is 103 Å². The Bertz CT molecular complexity index is 588. The first-order chi connectivity index (χ1) is 8.69. The van der Waals surface area contributed by atoms with E-state index in [1.807, 2.05) is 6.07 Å². The van der Waals surface area contributed by atoms with E-state index in [1.165, 1.54) is 42.5 Å². The van der Waals surface area contributed by atoms with Crippen molar-refractivity contribution >= 4 is 0 Å². The molecular formula is C14H9F2NO. The van der Waals surface area contributed by atoms with Gasteiger partial charge in [-0.1, -0.05) is 6.07 Å². The number of ether oxygens (including phenoxy) is 1. The molecule has 18 heavy (non-hydrogen) atoms. The Morgan fingerprint density at radius 1 is 1.06 bits per heavy atom. The van der Waals surface area contributed by atoms with Crippen LogP contribution >= 0.6 is 0 Å². The summed E-state index contributed by atoms with van der Waals surface area (Å²) in [5.41, 5.74) is 0.663. The lowest BCUT2D eigenvalue weighted by Crippen LogP contribution is -1.91. The van der Waals surface area contributed by atoms with Crippen molar-refractivity contribution in [1.29, 1.82) is 5.26 Å². The standard InChI is InChI=1S/C14H9F2NO/c15-11-2-4-12(5-3-11)18-14-9-10(7-8-17)1-6-13(14)16/h1-6,9H,7H2. The van der Waals surface area contributed by atoms with Crippen molar-refractivity contribution in [3.63, 3.8) is 0 Å². The van der Waals surface area contributed by atoms with Gasteiger partial charge in [0.15, 0.2) is 11.6 Å². The lowest BCUT2D eigenvalue weighted by Gasteiger charge is -2.07. The van der Waals surface area contributed by atoms with E-state index in [0.717, 1.165) is 0 Å². The Balaban J connectivity index is 2.25. The number of nitriles is 1. The third-order valence-electron chi connectivity index (χ3n) is 2.32. The van der Waals surface area contributed by atoms with Crippen LogP contribution in [-0.4, -0.2) is 0 Å². The number of halogens is 2. The molecule has 0 spiro atoms. The van der Waals surface area contributed by atoms with Gasteiger partial charge in [0.2, 0.25) is 0 Å². The molecule has 0 amide bonds. The van der Waals surface area contributed by atoms with Crippen molar-refractivity contribution in [1.82, 2.24) is 0 Å². The minimum absolute atomic E-state index is 0.0226. The van der Waals surface area contributed by atoms with Crippen LogP contribution in [0.15, 0.2) is 42.5 Å². The van der Waals surface area contributed by atoms with Crippen LogP contribution < -0.4 is 4.74 Å². The molecule has 0 fully saturated rings. The van der Waals surface area contributed by atoms with Gasteiger partial charge in [0.05, 0.1) is 12.5 Å². The summed E-state index contributed by atoms with van der Waals surface area (Å²) in [4.78, 5) is 0. The normalized spacial score (nSPS) is 9.83. The summed E-state index contributed by atoms with van der Waals surface area (Å²) in [6, 6.07) is 11.5. The highest BCUT2D eigenvalue weighted by atomic mass is 19.1. The zero-order chi connectivity index (χ0) is 13.0. The highest BCUT2D eigenvalue weighted by molar-refractivity contribution is 5.36. The van der Waals surface area contributed by atoms with Crippen LogP contribution in [0.5, 0.6) is 11.5 Å². The zero-order valence-corrected chi connectivity index (χ0v) is 9.36. The molecule has 0 atom stereocenters. The predicted molar refractivity (Wildman–Crippen MR) is 62.2 cm³/mol. The molecule has 0 bridgehead atoms. The molecule has 2 nitrogen and oxygen atoms in total. The number of benzene rings is 2. The SMILES string of the molecule is N#CCc1ccc(F)c(Oc2ccc(F)cc2)c1. The topological polar surface area (TPSA) is 33.0 Å². The van der Waals surface area contributed by atoms with Crippen LogP contribution in [-0.2, 0) is 6.42 Å². The molecule has 0 heterocycles. The Morgan fingerprint density at radius 3 is 2.44 bits per heavy atom. The molecule has 2 rings (SSSR count). The first-order valence-corrected chi connectivity index (χ1v) is 5.28. The van der Waals surface area contributed by atoms with Gasteiger partial charge in [0, 0.05) is 0 Å². The van der Waals surface area contributed by atoms with Crippen LogP contribution in [0.1, 0.15) is 5.56 Å². The molecule has 0 N–H and O–H groups in total. The average Bonchev–Trinajstić information content (AvgIpc) is 2.36. The maximum atomic E-state index is 13.5. The summed E-state index contributed by atoms with van der Waals surface area (Å²) in [6.45, 7) is 0. The van der Waals surface area contributed by atoms with Gasteiger partial charge < -0.3 is 4.74 Å². The van der Waals surface area contributed by atoms with Gasteiger partial charge in [-0.15, -0.1) is 0 Å². The fourth-order valence-corrected chi connectivity index (χ4v) is 1.46. The molecule has 0 radical (unpaired) electrons. The summed E-state index contributed by atoms with van der Waals surface area (Å²) >= 11 is 0. The van der Waals surface area contributed by atoms with Gasteiger partial charge in [-0.25, -0.2) is 8.78 Å². The van der Waals surface area contributed by atoms with Crippen LogP contribution in [0.25, 0.3) is 0 Å². The van der Waals surface area contributed by atoms with Crippen LogP contribution in [0, 0.1) is 23.0 Å². The largest absolute Gasteiger partial charge is 0.454 e. The monoisotopic (exact) mass is 245 g/mol. The molecule has 4 heteroatoms. The van der Waals surface area contributed by atoms with Crippen LogP contribution in [0.3, 0.4) is 0 Å². The van der Waals surface area contributed by atoms with Crippen molar-refractivity contribution in [2.45, 2.75) is 6.42 Å². The van der Waals surface area contributed by atoms with Gasteiger partial charge >= 0.3 is 0 Å². The molecule has 0 aliphatic carbocycles. The van der Waals surface area contributed by atoms with E-state index in [0.29, 0.717) is 11.3 Å². The molecule has 0 unspecified atom stereocenters. The fraction of sp³-hybridized carbons (Fsp3) is 0.0714. The smallest absolute Gasteiger partial charge is 0.165 e. The Kier molecular flexibility index (Phi) is 3.54. The number of rotatable bonds is 3. The quantitative estimate of drug-likeness (QED) is 0.823. The van der Waals surface area contributed by atoms with Gasteiger partial charge in [-0.05, 0) is 42.0 Å². The van der Waals surface area contributed by atoms with E-state index in [2.05, 4.69) is 0 Å². The first kappa shape index (κ1) is 12.1. The summed E-state index contributed by atoms with van der Waals surface area (Å²) in [5.74, 6) is -0.555. The average molecular weight is 245 g/mol. The first-order valence-electron chi connectivity index (χ1n) is 5.28. The third kappa shape index (κ3) is 2.83. The summed E-state index contributed by atoms with van der Waals surface area (Å²) < 4.78 is 31.5. The predicted octanol–water partition coefficient (Wildman–Crippen LogP) is 3.82. The molecular weight excluding hydrogens is 236 g/mol. The molecule has 0 saturated carbocycles. The molecule has 0 saturated heterocycles. The molecule has 0 aromatic heterocycles. The maximum Gasteiger partial charge on any atom is 0.165 e. The molecule has 0 aliphatic rings. The van der Waals surface area contributed by atoms with Gasteiger partial charge in [-0.2, -0.15) is 5.26 Å². The van der Waals surface area contributed by atoms with E-state index in [-0.39, 0.29) is 18.0 Å². The van der Waals surface area contributed by atoms with Crippen molar-refractivity contribution in [2.75, 3.05) is 0 Å². The molecule has 0 aliphatic heterocycles. The van der Waals surface area contributed by atoms with Crippen LogP contribution in [0.2, 0.25) is 0 Å². The second-order valence-electron chi connectivity index (χ2n) is 3.66. The number of nitrogens with zero attached hydrogens (tertiary/aromatic N) is 1. The van der Waals surface area contributed by atoms with E-state index in [9.17, 15) is 8.78 Å². The summed E-state index contributed by atoms with van der Waals surface area (Å²) in [7, 11) is 0. The maximum absolute atomic E-state index is 13.5. The van der Waals surface area contributed by atoms with Gasteiger partial charge in [0.1, 0.15) is 11.6 Å². The summed E-state index contributed by atoms with van der Waals surface area (Å²) in [6.07, 6.45) is 0.181. The highest BCUT2D eigenvalue weighted by Crippen LogP contribution is 2.25. The Morgan fingerprint density at radius 2 is 1.78 bits per heavy atom. The summed E-state index contributed by atoms with van der Waals surface area (Å²) in [5, 5.41) is 8.57. The van der Waals surface area contributed by atoms with Gasteiger partial charge in [-0.3, -0.25) is 0 Å². The fourth-order valence-electron chi connectivity index (χ4n) is 1.46. The second-order valence-corrected chi connectivity index (χ2v) is 3.66. The lowest BCUT2D eigenvalue weighted by molar-refractivity contribution is 0.440. The third-order valence-corrected chi connectivity index (χ3v) is 2.32. The van der Waals surface area contributed by atoms with Crippen molar-refractivity contribution < 1.29 is 13.5 Å². The van der Waals surface area contributed by atoms with E-state index in [4.69, 9.17) is 10.00 Å². The molecule has 2 aromatic carbocycles. The minimum atomic E-state index is -0.527. The zero-order valence-electron chi connectivity index (χ0n) is 9.36. The number of hydrogen-bond acceptors (Lipinski definition) is 2. The van der Waals surface area contributed by atoms with E-state index >= 15 is 0 Å². The van der Waals surface area contributed by atoms with Crippen molar-refractivity contribution in [3.05, 3.63) is 59.7 Å². The lowest BCUT2D eigenvalue weighted by atomic mass is 10.1. The van der Waals surface area contributed by atoms with Crippen LogP contribution in [0.4, 0.5) is 8.78 Å². The molecule has 90 valence electrons. The van der Waals surface area contributed by atoms with Gasteiger partial charge in [0.25, 0.3) is 0 Å². The number of hydrogen-bond donors (Lipinski definition) is 0. The Hall–Kier alpha value is -2.41. The minimum Gasteiger partial charge on any atom is -0.454 e. The van der Waals surface area contributed by atoms with Crippen molar-refractivity contribution in [2.24, 2.45) is 0 Å². The highest BCUT2D eigenvalue weighted by Gasteiger charge is 2.06. The van der Waals surface area contributed by atoms with E-state index in [1.54, 1.807) is 0 Å². The van der Waals surface area contributed by atoms with E-state index < -0.39 is 5.82 Å². The van der Waals surface area contributed by atoms with Crippen molar-refractivity contribution in [3.8, 4) is 17.6 Å². The second kappa shape index (κ2) is 5.28. The molecule has 2 aromatic rings.